The lowest BCUT2D eigenvalue weighted by Gasteiger charge is -2.35. The fraction of sp³-hybridized carbons (Fsp3) is 0.294. The van der Waals surface area contributed by atoms with Crippen LogP contribution in [0.2, 0.25) is 0 Å². The maximum absolute atomic E-state index is 13.2. The molecule has 0 unspecified atom stereocenters. The minimum absolute atomic E-state index is 0.228. The van der Waals surface area contributed by atoms with Crippen LogP contribution in [0, 0.1) is 12.7 Å². The lowest BCUT2D eigenvalue weighted by atomic mass is 10.3. The van der Waals surface area contributed by atoms with Gasteiger partial charge >= 0.3 is 6.03 Å². The number of urea groups is 1. The van der Waals surface area contributed by atoms with Gasteiger partial charge in [-0.05, 0) is 37.3 Å². The highest BCUT2D eigenvalue weighted by Crippen LogP contribution is 2.16. The summed E-state index contributed by atoms with van der Waals surface area (Å²) in [6.45, 7) is 4.29. The molecular weight excluding hydrogens is 337 g/mol. The van der Waals surface area contributed by atoms with Crippen LogP contribution in [-0.2, 0) is 0 Å². The molecule has 26 heavy (non-hydrogen) atoms. The average Bonchev–Trinajstić information content (AvgIpc) is 3.02. The summed E-state index contributed by atoms with van der Waals surface area (Å²) >= 11 is 0. The van der Waals surface area contributed by atoms with E-state index in [9.17, 15) is 9.18 Å². The number of hydrogen-bond donors (Lipinski definition) is 1. The molecule has 1 saturated heterocycles. The van der Waals surface area contributed by atoms with Crippen molar-refractivity contribution in [3.8, 4) is 0 Å². The Labute approximate surface area is 149 Å². The standard InChI is InChI=1S/C17H18FN7O/c1-12-20-21-15-5-6-16(22-25(12)15)23-7-9-24(10-8-23)17(26)19-14-4-2-3-13(18)11-14/h2-6,11H,7-10H2,1H3,(H,19,26). The molecule has 1 aromatic carbocycles. The Morgan fingerprint density at radius 1 is 1.12 bits per heavy atom. The number of nitrogens with one attached hydrogen (secondary N) is 1. The zero-order valence-electron chi connectivity index (χ0n) is 14.3. The van der Waals surface area contributed by atoms with E-state index in [1.165, 1.54) is 12.1 Å². The van der Waals surface area contributed by atoms with Gasteiger partial charge in [-0.1, -0.05) is 6.07 Å². The zero-order valence-corrected chi connectivity index (χ0v) is 14.3. The van der Waals surface area contributed by atoms with Gasteiger partial charge < -0.3 is 15.1 Å². The Morgan fingerprint density at radius 2 is 1.92 bits per heavy atom. The molecule has 4 rings (SSSR count). The number of carbonyl (C=O) groups is 1. The molecule has 9 heteroatoms. The molecule has 0 spiro atoms. The Kier molecular flexibility index (Phi) is 4.11. The van der Waals surface area contributed by atoms with Crippen molar-refractivity contribution in [2.75, 3.05) is 36.4 Å². The number of piperazine rings is 1. The molecule has 0 bridgehead atoms. The number of rotatable bonds is 2. The Balaban J connectivity index is 1.40. The van der Waals surface area contributed by atoms with E-state index in [1.54, 1.807) is 21.5 Å². The molecule has 1 aliphatic rings. The number of aromatic nitrogens is 4. The van der Waals surface area contributed by atoms with Gasteiger partial charge in [-0.15, -0.1) is 15.3 Å². The molecule has 2 amide bonds. The van der Waals surface area contributed by atoms with Crippen molar-refractivity contribution in [1.82, 2.24) is 24.7 Å². The Hall–Kier alpha value is -3.23. The average molecular weight is 355 g/mol. The highest BCUT2D eigenvalue weighted by atomic mass is 19.1. The molecule has 1 aliphatic heterocycles. The predicted molar refractivity (Wildman–Crippen MR) is 94.7 cm³/mol. The third-order valence-electron chi connectivity index (χ3n) is 4.37. The molecule has 0 saturated carbocycles. The number of carbonyl (C=O) groups excluding carboxylic acids is 1. The van der Waals surface area contributed by atoms with Gasteiger partial charge in [0.1, 0.15) is 11.6 Å². The van der Waals surface area contributed by atoms with Crippen LogP contribution in [0.1, 0.15) is 5.82 Å². The number of anilines is 2. The summed E-state index contributed by atoms with van der Waals surface area (Å²) in [5.41, 5.74) is 1.16. The number of halogens is 1. The first-order valence-electron chi connectivity index (χ1n) is 8.36. The summed E-state index contributed by atoms with van der Waals surface area (Å²) < 4.78 is 14.9. The van der Waals surface area contributed by atoms with Gasteiger partial charge in [0, 0.05) is 31.9 Å². The van der Waals surface area contributed by atoms with E-state index >= 15 is 0 Å². The largest absolute Gasteiger partial charge is 0.352 e. The SMILES string of the molecule is Cc1nnc2ccc(N3CCN(C(=O)Nc4cccc(F)c4)CC3)nn12. The topological polar surface area (TPSA) is 78.7 Å². The second kappa shape index (κ2) is 6.58. The molecule has 0 radical (unpaired) electrons. The van der Waals surface area contributed by atoms with Crippen LogP contribution >= 0.6 is 0 Å². The molecule has 134 valence electrons. The first-order valence-corrected chi connectivity index (χ1v) is 8.36. The molecule has 8 nitrogen and oxygen atoms in total. The molecule has 3 heterocycles. The van der Waals surface area contributed by atoms with Gasteiger partial charge in [-0.3, -0.25) is 0 Å². The van der Waals surface area contributed by atoms with Gasteiger partial charge in [-0.25, -0.2) is 9.18 Å². The number of amides is 2. The fourth-order valence-corrected chi connectivity index (χ4v) is 2.96. The number of benzene rings is 1. The Morgan fingerprint density at radius 3 is 2.69 bits per heavy atom. The van der Waals surface area contributed by atoms with Crippen LogP contribution in [0.25, 0.3) is 5.65 Å². The summed E-state index contributed by atoms with van der Waals surface area (Å²) in [7, 11) is 0. The van der Waals surface area contributed by atoms with Crippen molar-refractivity contribution in [2.45, 2.75) is 6.92 Å². The monoisotopic (exact) mass is 355 g/mol. The summed E-state index contributed by atoms with van der Waals surface area (Å²) in [5, 5.41) is 15.3. The van der Waals surface area contributed by atoms with Gasteiger partial charge in [-0.2, -0.15) is 4.52 Å². The van der Waals surface area contributed by atoms with E-state index in [1.807, 2.05) is 19.1 Å². The second-order valence-electron chi connectivity index (χ2n) is 6.12. The van der Waals surface area contributed by atoms with Crippen LogP contribution in [0.15, 0.2) is 36.4 Å². The lowest BCUT2D eigenvalue weighted by molar-refractivity contribution is 0.208. The van der Waals surface area contributed by atoms with Crippen LogP contribution in [0.4, 0.5) is 20.7 Å². The number of hydrogen-bond acceptors (Lipinski definition) is 5. The molecule has 0 aliphatic carbocycles. The summed E-state index contributed by atoms with van der Waals surface area (Å²) in [5.74, 6) is 1.18. The number of fused-ring (bicyclic) bond motifs is 1. The first kappa shape index (κ1) is 16.2. The van der Waals surface area contributed by atoms with Crippen molar-refractivity contribution >= 4 is 23.2 Å². The van der Waals surface area contributed by atoms with Crippen LogP contribution in [0.5, 0.6) is 0 Å². The van der Waals surface area contributed by atoms with E-state index in [0.717, 1.165) is 11.6 Å². The van der Waals surface area contributed by atoms with E-state index in [2.05, 4.69) is 25.5 Å². The molecule has 0 atom stereocenters. The van der Waals surface area contributed by atoms with E-state index in [0.29, 0.717) is 37.5 Å². The fourth-order valence-electron chi connectivity index (χ4n) is 2.96. The summed E-state index contributed by atoms with van der Waals surface area (Å²) in [4.78, 5) is 16.2. The summed E-state index contributed by atoms with van der Waals surface area (Å²) in [6.07, 6.45) is 0. The van der Waals surface area contributed by atoms with Crippen LogP contribution < -0.4 is 10.2 Å². The van der Waals surface area contributed by atoms with E-state index in [4.69, 9.17) is 0 Å². The third-order valence-corrected chi connectivity index (χ3v) is 4.37. The maximum Gasteiger partial charge on any atom is 0.321 e. The molecule has 3 aromatic rings. The first-order chi connectivity index (χ1) is 12.6. The molecule has 1 fully saturated rings. The minimum Gasteiger partial charge on any atom is -0.352 e. The lowest BCUT2D eigenvalue weighted by Crippen LogP contribution is -2.50. The number of aryl methyl sites for hydroxylation is 1. The van der Waals surface area contributed by atoms with Gasteiger partial charge in [0.15, 0.2) is 11.5 Å². The maximum atomic E-state index is 13.2. The van der Waals surface area contributed by atoms with E-state index in [-0.39, 0.29) is 11.8 Å². The molecule has 1 N–H and O–H groups in total. The van der Waals surface area contributed by atoms with Gasteiger partial charge in [0.25, 0.3) is 0 Å². The van der Waals surface area contributed by atoms with Gasteiger partial charge in [0.2, 0.25) is 0 Å². The van der Waals surface area contributed by atoms with Crippen molar-refractivity contribution in [3.63, 3.8) is 0 Å². The highest BCUT2D eigenvalue weighted by Gasteiger charge is 2.22. The highest BCUT2D eigenvalue weighted by molar-refractivity contribution is 5.89. The Bertz CT molecular complexity index is 949. The minimum atomic E-state index is -0.377. The quantitative estimate of drug-likeness (QED) is 0.760. The molecule has 2 aromatic heterocycles. The molecular formula is C17H18FN7O. The second-order valence-corrected chi connectivity index (χ2v) is 6.12. The van der Waals surface area contributed by atoms with Crippen molar-refractivity contribution in [3.05, 3.63) is 48.0 Å². The number of nitrogens with zero attached hydrogens (tertiary/aromatic N) is 6. The van der Waals surface area contributed by atoms with Crippen LogP contribution in [-0.4, -0.2) is 56.9 Å². The van der Waals surface area contributed by atoms with Crippen molar-refractivity contribution in [2.24, 2.45) is 0 Å². The summed E-state index contributed by atoms with van der Waals surface area (Å²) in [6, 6.07) is 9.44. The van der Waals surface area contributed by atoms with Crippen molar-refractivity contribution in [1.29, 1.82) is 0 Å². The van der Waals surface area contributed by atoms with E-state index < -0.39 is 0 Å². The normalized spacial score (nSPS) is 14.7. The zero-order chi connectivity index (χ0) is 18.1. The predicted octanol–water partition coefficient (Wildman–Crippen LogP) is 1.93. The third kappa shape index (κ3) is 3.15. The van der Waals surface area contributed by atoms with Gasteiger partial charge in [0.05, 0.1) is 0 Å². The van der Waals surface area contributed by atoms with Crippen LogP contribution in [0.3, 0.4) is 0 Å². The smallest absolute Gasteiger partial charge is 0.321 e. The van der Waals surface area contributed by atoms with Crippen molar-refractivity contribution < 1.29 is 9.18 Å².